The highest BCUT2D eigenvalue weighted by atomic mass is 16.5. The Labute approximate surface area is 107 Å². The van der Waals surface area contributed by atoms with Gasteiger partial charge in [0.2, 0.25) is 0 Å². The smallest absolute Gasteiger partial charge is 0.358 e. The van der Waals surface area contributed by atoms with Crippen molar-refractivity contribution in [3.8, 4) is 0 Å². The summed E-state index contributed by atoms with van der Waals surface area (Å²) in [5.74, 6) is 0.919. The van der Waals surface area contributed by atoms with E-state index in [9.17, 15) is 4.79 Å². The van der Waals surface area contributed by atoms with Gasteiger partial charge in [0.15, 0.2) is 5.69 Å². The SMILES string of the molecule is COC(=O)c1ccc(N[C@H]2CCCC[C@H]2C)nn1. The number of ether oxygens (including phenoxy) is 1. The predicted octanol–water partition coefficient (Wildman–Crippen LogP) is 2.25. The first-order valence-corrected chi connectivity index (χ1v) is 6.39. The van der Waals surface area contributed by atoms with E-state index in [1.807, 2.05) is 0 Å². The molecule has 5 heteroatoms. The van der Waals surface area contributed by atoms with Crippen LogP contribution in [0.25, 0.3) is 0 Å². The Kier molecular flexibility index (Phi) is 4.12. The summed E-state index contributed by atoms with van der Waals surface area (Å²) >= 11 is 0. The molecule has 1 fully saturated rings. The van der Waals surface area contributed by atoms with E-state index < -0.39 is 5.97 Å². The van der Waals surface area contributed by atoms with Crippen molar-refractivity contribution in [2.24, 2.45) is 5.92 Å². The first-order valence-electron chi connectivity index (χ1n) is 6.39. The Morgan fingerprint density at radius 3 is 2.72 bits per heavy atom. The quantitative estimate of drug-likeness (QED) is 0.832. The fraction of sp³-hybridized carbons (Fsp3) is 0.615. The van der Waals surface area contributed by atoms with Crippen molar-refractivity contribution in [1.82, 2.24) is 10.2 Å². The minimum absolute atomic E-state index is 0.236. The summed E-state index contributed by atoms with van der Waals surface area (Å²) in [6.07, 6.45) is 4.99. The number of nitrogens with one attached hydrogen (secondary N) is 1. The van der Waals surface area contributed by atoms with Crippen LogP contribution in [-0.2, 0) is 4.74 Å². The third-order valence-corrected chi connectivity index (χ3v) is 3.50. The van der Waals surface area contributed by atoms with Crippen LogP contribution in [-0.4, -0.2) is 29.3 Å². The normalized spacial score (nSPS) is 23.4. The van der Waals surface area contributed by atoms with Crippen molar-refractivity contribution in [2.45, 2.75) is 38.6 Å². The molecule has 0 bridgehead atoms. The first-order chi connectivity index (χ1) is 8.70. The molecule has 98 valence electrons. The zero-order valence-corrected chi connectivity index (χ0v) is 10.8. The number of carbonyl (C=O) groups is 1. The standard InChI is InChI=1S/C13H19N3O2/c1-9-5-3-4-6-10(9)14-12-8-7-11(15-16-12)13(17)18-2/h7-10H,3-6H2,1-2H3,(H,14,16)/t9-,10+/m1/s1. The average molecular weight is 249 g/mol. The van der Waals surface area contributed by atoms with E-state index in [-0.39, 0.29) is 5.69 Å². The van der Waals surface area contributed by atoms with Crippen LogP contribution in [0.4, 0.5) is 5.82 Å². The summed E-state index contributed by atoms with van der Waals surface area (Å²) in [5, 5.41) is 11.3. The molecular weight excluding hydrogens is 230 g/mol. The van der Waals surface area contributed by atoms with Crippen LogP contribution in [0.3, 0.4) is 0 Å². The van der Waals surface area contributed by atoms with Crippen LogP contribution >= 0.6 is 0 Å². The van der Waals surface area contributed by atoms with Crippen molar-refractivity contribution < 1.29 is 9.53 Å². The molecule has 1 saturated carbocycles. The zero-order valence-electron chi connectivity index (χ0n) is 10.8. The van der Waals surface area contributed by atoms with Gasteiger partial charge in [0.1, 0.15) is 5.82 Å². The lowest BCUT2D eigenvalue weighted by molar-refractivity contribution is 0.0593. The van der Waals surface area contributed by atoms with Crippen LogP contribution < -0.4 is 5.32 Å². The van der Waals surface area contributed by atoms with Gasteiger partial charge in [-0.3, -0.25) is 0 Å². The number of nitrogens with zero attached hydrogens (tertiary/aromatic N) is 2. The maximum Gasteiger partial charge on any atom is 0.358 e. The van der Waals surface area contributed by atoms with E-state index in [0.29, 0.717) is 12.0 Å². The number of rotatable bonds is 3. The van der Waals surface area contributed by atoms with Crippen molar-refractivity contribution in [3.05, 3.63) is 17.8 Å². The van der Waals surface area contributed by atoms with Gasteiger partial charge >= 0.3 is 5.97 Å². The highest BCUT2D eigenvalue weighted by Crippen LogP contribution is 2.26. The van der Waals surface area contributed by atoms with Gasteiger partial charge in [-0.25, -0.2) is 4.79 Å². The lowest BCUT2D eigenvalue weighted by Crippen LogP contribution is -2.30. The summed E-state index contributed by atoms with van der Waals surface area (Å²) in [5.41, 5.74) is 0.236. The van der Waals surface area contributed by atoms with E-state index in [0.717, 1.165) is 5.82 Å². The Hall–Kier alpha value is -1.65. The topological polar surface area (TPSA) is 64.1 Å². The second-order valence-electron chi connectivity index (χ2n) is 4.81. The Morgan fingerprint density at radius 2 is 2.11 bits per heavy atom. The summed E-state index contributed by atoms with van der Waals surface area (Å²) in [6.45, 7) is 2.26. The number of anilines is 1. The van der Waals surface area contributed by atoms with Crippen LogP contribution in [0.5, 0.6) is 0 Å². The molecule has 0 spiro atoms. The van der Waals surface area contributed by atoms with Gasteiger partial charge in [-0.15, -0.1) is 10.2 Å². The van der Waals surface area contributed by atoms with Crippen LogP contribution in [0.2, 0.25) is 0 Å². The fourth-order valence-corrected chi connectivity index (χ4v) is 2.34. The molecule has 0 unspecified atom stereocenters. The summed E-state index contributed by atoms with van der Waals surface area (Å²) in [4.78, 5) is 11.2. The van der Waals surface area contributed by atoms with Crippen molar-refractivity contribution in [2.75, 3.05) is 12.4 Å². The fourth-order valence-electron chi connectivity index (χ4n) is 2.34. The molecule has 2 rings (SSSR count). The highest BCUT2D eigenvalue weighted by molar-refractivity contribution is 5.86. The lowest BCUT2D eigenvalue weighted by Gasteiger charge is -2.29. The van der Waals surface area contributed by atoms with Gasteiger partial charge in [0.05, 0.1) is 7.11 Å². The first kappa shape index (κ1) is 12.8. The summed E-state index contributed by atoms with van der Waals surface area (Å²) in [6, 6.07) is 3.87. The summed E-state index contributed by atoms with van der Waals surface area (Å²) in [7, 11) is 1.33. The molecule has 0 amide bonds. The van der Waals surface area contributed by atoms with E-state index in [4.69, 9.17) is 0 Å². The Balaban J connectivity index is 1.99. The third-order valence-electron chi connectivity index (χ3n) is 3.50. The number of aromatic nitrogens is 2. The predicted molar refractivity (Wildman–Crippen MR) is 68.4 cm³/mol. The molecule has 0 radical (unpaired) electrons. The van der Waals surface area contributed by atoms with Gasteiger partial charge in [-0.1, -0.05) is 19.8 Å². The maximum atomic E-state index is 11.2. The van der Waals surface area contributed by atoms with Crippen molar-refractivity contribution in [1.29, 1.82) is 0 Å². The molecule has 5 nitrogen and oxygen atoms in total. The molecule has 1 aromatic heterocycles. The molecular formula is C13H19N3O2. The Morgan fingerprint density at radius 1 is 1.33 bits per heavy atom. The number of methoxy groups -OCH3 is 1. The second-order valence-corrected chi connectivity index (χ2v) is 4.81. The molecule has 1 aliphatic rings. The highest BCUT2D eigenvalue weighted by Gasteiger charge is 2.21. The molecule has 1 aliphatic carbocycles. The molecule has 1 aromatic rings. The van der Waals surface area contributed by atoms with Crippen LogP contribution in [0.1, 0.15) is 43.1 Å². The molecule has 1 N–H and O–H groups in total. The monoisotopic (exact) mass is 249 g/mol. The van der Waals surface area contributed by atoms with Crippen LogP contribution in [0.15, 0.2) is 12.1 Å². The molecule has 0 aromatic carbocycles. The van der Waals surface area contributed by atoms with Gasteiger partial charge in [0.25, 0.3) is 0 Å². The number of hydrogen-bond donors (Lipinski definition) is 1. The minimum atomic E-state index is -0.458. The molecule has 18 heavy (non-hydrogen) atoms. The molecule has 0 aliphatic heterocycles. The van der Waals surface area contributed by atoms with Gasteiger partial charge in [-0.05, 0) is 30.9 Å². The maximum absolute atomic E-state index is 11.2. The second kappa shape index (κ2) is 5.80. The van der Waals surface area contributed by atoms with E-state index in [1.165, 1.54) is 32.8 Å². The molecule has 2 atom stereocenters. The van der Waals surface area contributed by atoms with Crippen molar-refractivity contribution in [3.63, 3.8) is 0 Å². The largest absolute Gasteiger partial charge is 0.464 e. The molecule has 1 heterocycles. The van der Waals surface area contributed by atoms with Gasteiger partial charge < -0.3 is 10.1 Å². The van der Waals surface area contributed by atoms with E-state index in [1.54, 1.807) is 12.1 Å². The van der Waals surface area contributed by atoms with Gasteiger partial charge in [0, 0.05) is 6.04 Å². The van der Waals surface area contributed by atoms with Crippen molar-refractivity contribution >= 4 is 11.8 Å². The van der Waals surface area contributed by atoms with Crippen LogP contribution in [0, 0.1) is 5.92 Å². The van der Waals surface area contributed by atoms with E-state index in [2.05, 4.69) is 27.2 Å². The zero-order chi connectivity index (χ0) is 13.0. The lowest BCUT2D eigenvalue weighted by atomic mass is 9.86. The average Bonchev–Trinajstić information content (AvgIpc) is 2.41. The Bertz CT molecular complexity index is 405. The number of esters is 1. The summed E-state index contributed by atoms with van der Waals surface area (Å²) < 4.78 is 4.58. The molecule has 0 saturated heterocycles. The number of hydrogen-bond acceptors (Lipinski definition) is 5. The third kappa shape index (κ3) is 2.97. The van der Waals surface area contributed by atoms with Gasteiger partial charge in [-0.2, -0.15) is 0 Å². The number of carbonyl (C=O) groups excluding carboxylic acids is 1. The van der Waals surface area contributed by atoms with E-state index >= 15 is 0 Å². The minimum Gasteiger partial charge on any atom is -0.464 e.